The van der Waals surface area contributed by atoms with Crippen molar-refractivity contribution in [3.63, 3.8) is 0 Å². The molecule has 1 rings (SSSR count). The second-order valence-electron chi connectivity index (χ2n) is 2.83. The number of aromatic nitrogens is 1. The van der Waals surface area contributed by atoms with E-state index in [2.05, 4.69) is 15.0 Å². The van der Waals surface area contributed by atoms with Crippen LogP contribution in [0.3, 0.4) is 0 Å². The zero-order valence-corrected chi connectivity index (χ0v) is 7.58. The Hall–Kier alpha value is -1.55. The highest BCUT2D eigenvalue weighted by atomic mass is 19.4. The summed E-state index contributed by atoms with van der Waals surface area (Å²) in [5.41, 5.74) is 0. The maximum absolute atomic E-state index is 12.1. The summed E-state index contributed by atoms with van der Waals surface area (Å²) >= 11 is 0. The number of hydrogen-bond donors (Lipinski definition) is 1. The topological polar surface area (TPSA) is 61.9 Å². The Morgan fingerprint density at radius 2 is 2.33 bits per heavy atom. The summed E-state index contributed by atoms with van der Waals surface area (Å²) in [7, 11) is 0. The molecule has 1 N–H and O–H groups in total. The van der Waals surface area contributed by atoms with Crippen LogP contribution in [0.5, 0.6) is 0 Å². The zero-order valence-electron chi connectivity index (χ0n) is 7.58. The lowest BCUT2D eigenvalue weighted by Crippen LogP contribution is -2.32. The van der Waals surface area contributed by atoms with Crippen molar-refractivity contribution in [2.24, 2.45) is 5.92 Å². The molecule has 0 bridgehead atoms. The minimum atomic E-state index is -4.50. The van der Waals surface area contributed by atoms with E-state index in [1.807, 2.05) is 0 Å². The first kappa shape index (κ1) is 11.5. The van der Waals surface area contributed by atoms with Gasteiger partial charge < -0.3 is 9.84 Å². The molecule has 0 aliphatic carbocycles. The largest absolute Gasteiger partial charge is 0.405 e. The molecule has 0 spiro atoms. The highest BCUT2D eigenvalue weighted by molar-refractivity contribution is 4.94. The summed E-state index contributed by atoms with van der Waals surface area (Å²) in [5, 5.41) is 14.1. The van der Waals surface area contributed by atoms with E-state index in [1.54, 1.807) is 0 Å². The van der Waals surface area contributed by atoms with E-state index >= 15 is 0 Å². The number of alkyl halides is 3. The Morgan fingerprint density at radius 1 is 1.60 bits per heavy atom. The van der Waals surface area contributed by atoms with Crippen LogP contribution in [0.4, 0.5) is 13.2 Å². The third kappa shape index (κ3) is 3.59. The van der Waals surface area contributed by atoms with Crippen LogP contribution in [0.2, 0.25) is 0 Å². The van der Waals surface area contributed by atoms with Gasteiger partial charge in [-0.2, -0.15) is 18.4 Å². The molecule has 0 saturated carbocycles. The number of rotatable bonds is 4. The summed E-state index contributed by atoms with van der Waals surface area (Å²) < 4.78 is 40.9. The van der Waals surface area contributed by atoms with Crippen molar-refractivity contribution in [3.8, 4) is 6.07 Å². The average Bonchev–Trinajstić information content (AvgIpc) is 2.62. The minimum absolute atomic E-state index is 0.119. The lowest BCUT2D eigenvalue weighted by molar-refractivity contribution is -0.157. The molecule has 0 aromatic carbocycles. The van der Waals surface area contributed by atoms with Gasteiger partial charge in [0, 0.05) is 12.6 Å². The van der Waals surface area contributed by atoms with Crippen molar-refractivity contribution in [1.29, 1.82) is 5.26 Å². The summed E-state index contributed by atoms with van der Waals surface area (Å²) in [4.78, 5) is 0. The van der Waals surface area contributed by atoms with Gasteiger partial charge in [-0.3, -0.25) is 0 Å². The Morgan fingerprint density at radius 3 is 2.80 bits per heavy atom. The molecule has 0 radical (unpaired) electrons. The molecule has 1 aromatic heterocycles. The summed E-state index contributed by atoms with van der Waals surface area (Å²) in [6.45, 7) is -0.338. The highest BCUT2D eigenvalue weighted by Gasteiger charge is 2.39. The fraction of sp³-hybridized carbons (Fsp3) is 0.500. The van der Waals surface area contributed by atoms with Crippen molar-refractivity contribution >= 4 is 0 Å². The first-order valence-corrected chi connectivity index (χ1v) is 4.10. The molecule has 4 nitrogen and oxygen atoms in total. The van der Waals surface area contributed by atoms with Crippen LogP contribution in [-0.4, -0.2) is 17.9 Å². The number of nitriles is 1. The molecular weight excluding hydrogens is 211 g/mol. The van der Waals surface area contributed by atoms with Crippen LogP contribution in [0.15, 0.2) is 16.8 Å². The van der Waals surface area contributed by atoms with Gasteiger partial charge in [0.2, 0.25) is 0 Å². The molecule has 82 valence electrons. The summed E-state index contributed by atoms with van der Waals surface area (Å²) in [5.74, 6) is -1.57. The fourth-order valence-corrected chi connectivity index (χ4v) is 0.908. The van der Waals surface area contributed by atoms with Gasteiger partial charge in [0.1, 0.15) is 5.76 Å². The van der Waals surface area contributed by atoms with Crippen molar-refractivity contribution in [1.82, 2.24) is 10.5 Å². The fourth-order valence-electron chi connectivity index (χ4n) is 0.908. The van der Waals surface area contributed by atoms with Crippen LogP contribution in [0.1, 0.15) is 5.76 Å². The van der Waals surface area contributed by atoms with Gasteiger partial charge in [-0.15, -0.1) is 0 Å². The van der Waals surface area contributed by atoms with Crippen molar-refractivity contribution < 1.29 is 17.7 Å². The minimum Gasteiger partial charge on any atom is -0.360 e. The maximum Gasteiger partial charge on any atom is 0.405 e. The second-order valence-corrected chi connectivity index (χ2v) is 2.83. The predicted octanol–water partition coefficient (Wildman–Crippen LogP) is 1.47. The van der Waals surface area contributed by atoms with Gasteiger partial charge in [0.25, 0.3) is 0 Å². The SMILES string of the molecule is N#CC(CNCc1ccno1)C(F)(F)F. The molecule has 7 heteroatoms. The smallest absolute Gasteiger partial charge is 0.360 e. The van der Waals surface area contributed by atoms with Gasteiger partial charge >= 0.3 is 6.18 Å². The molecular formula is C8H8F3N3O. The predicted molar refractivity (Wildman–Crippen MR) is 43.4 cm³/mol. The third-order valence-electron chi connectivity index (χ3n) is 1.69. The lowest BCUT2D eigenvalue weighted by atomic mass is 10.1. The van der Waals surface area contributed by atoms with Gasteiger partial charge in [-0.05, 0) is 0 Å². The second kappa shape index (κ2) is 4.79. The Labute approximate surface area is 83.7 Å². The van der Waals surface area contributed by atoms with Crippen molar-refractivity contribution in [2.75, 3.05) is 6.54 Å². The summed E-state index contributed by atoms with van der Waals surface area (Å²) in [6, 6.07) is 2.72. The molecule has 0 aliphatic rings. The van der Waals surface area contributed by atoms with Crippen molar-refractivity contribution in [3.05, 3.63) is 18.0 Å². The van der Waals surface area contributed by atoms with Crippen LogP contribution in [0, 0.1) is 17.2 Å². The highest BCUT2D eigenvalue weighted by Crippen LogP contribution is 2.24. The zero-order chi connectivity index (χ0) is 11.3. The number of hydrogen-bond acceptors (Lipinski definition) is 4. The van der Waals surface area contributed by atoms with E-state index in [4.69, 9.17) is 5.26 Å². The maximum atomic E-state index is 12.1. The number of nitrogens with one attached hydrogen (secondary N) is 1. The van der Waals surface area contributed by atoms with E-state index < -0.39 is 18.6 Å². The Balaban J connectivity index is 2.34. The molecule has 1 unspecified atom stereocenters. The third-order valence-corrected chi connectivity index (χ3v) is 1.69. The molecule has 0 saturated heterocycles. The standard InChI is InChI=1S/C8H8F3N3O/c9-8(10,11)6(3-12)4-13-5-7-1-2-14-15-7/h1-2,6,13H,4-5H2. The van der Waals surface area contributed by atoms with E-state index in [1.165, 1.54) is 18.3 Å². The molecule has 0 aliphatic heterocycles. The Bertz CT molecular complexity index is 328. The van der Waals surface area contributed by atoms with Gasteiger partial charge in [0.15, 0.2) is 5.92 Å². The van der Waals surface area contributed by atoms with E-state index in [9.17, 15) is 13.2 Å². The van der Waals surface area contributed by atoms with E-state index in [0.717, 1.165) is 0 Å². The first-order chi connectivity index (χ1) is 7.04. The average molecular weight is 219 g/mol. The normalized spacial score (nSPS) is 13.5. The van der Waals surface area contributed by atoms with Gasteiger partial charge in [0.05, 0.1) is 18.8 Å². The van der Waals surface area contributed by atoms with Gasteiger partial charge in [-0.25, -0.2) is 0 Å². The van der Waals surface area contributed by atoms with E-state index in [0.29, 0.717) is 5.76 Å². The molecule has 1 atom stereocenters. The number of halogens is 3. The van der Waals surface area contributed by atoms with E-state index in [-0.39, 0.29) is 6.54 Å². The molecule has 1 aromatic rings. The monoisotopic (exact) mass is 219 g/mol. The van der Waals surface area contributed by atoms with Gasteiger partial charge in [-0.1, -0.05) is 5.16 Å². The molecule has 1 heterocycles. The Kier molecular flexibility index (Phi) is 3.68. The summed E-state index contributed by atoms with van der Waals surface area (Å²) in [6.07, 6.45) is -3.11. The van der Waals surface area contributed by atoms with Crippen LogP contribution in [-0.2, 0) is 6.54 Å². The van der Waals surface area contributed by atoms with Crippen LogP contribution < -0.4 is 5.32 Å². The van der Waals surface area contributed by atoms with Crippen LogP contribution >= 0.6 is 0 Å². The quantitative estimate of drug-likeness (QED) is 0.832. The number of nitrogens with zero attached hydrogens (tertiary/aromatic N) is 2. The van der Waals surface area contributed by atoms with Crippen LogP contribution in [0.25, 0.3) is 0 Å². The molecule has 0 fully saturated rings. The lowest BCUT2D eigenvalue weighted by Gasteiger charge is -2.12. The molecule has 0 amide bonds. The first-order valence-electron chi connectivity index (χ1n) is 4.10. The van der Waals surface area contributed by atoms with Crippen molar-refractivity contribution in [2.45, 2.75) is 12.7 Å². The molecule has 15 heavy (non-hydrogen) atoms.